The summed E-state index contributed by atoms with van der Waals surface area (Å²) in [5, 5.41) is 9.20. The van der Waals surface area contributed by atoms with Crippen molar-refractivity contribution in [2.45, 2.75) is 11.0 Å². The minimum absolute atomic E-state index is 0.0598. The van der Waals surface area contributed by atoms with E-state index in [1.807, 2.05) is 0 Å². The van der Waals surface area contributed by atoms with Crippen LogP contribution in [0.5, 0.6) is 0 Å². The van der Waals surface area contributed by atoms with Crippen LogP contribution in [0.1, 0.15) is 0 Å². The summed E-state index contributed by atoms with van der Waals surface area (Å²) >= 11 is 3.21. The number of benzene rings is 1. The maximum Gasteiger partial charge on any atom is 0.180 e. The highest BCUT2D eigenvalue weighted by atomic mass is 79.9. The second kappa shape index (κ2) is 5.07. The van der Waals surface area contributed by atoms with Crippen LogP contribution in [0.2, 0.25) is 0 Å². The molecule has 0 aromatic heterocycles. The first-order chi connectivity index (χ1) is 6.95. The number of sulfone groups is 1. The molecule has 84 valence electrons. The second-order valence-corrected chi connectivity index (χ2v) is 6.07. The third kappa shape index (κ3) is 3.57. The monoisotopic (exact) mass is 293 g/mol. The van der Waals surface area contributed by atoms with Crippen LogP contribution in [0.3, 0.4) is 0 Å². The molecule has 1 aromatic rings. The van der Waals surface area contributed by atoms with Crippen LogP contribution in [0.4, 0.5) is 0 Å². The summed E-state index contributed by atoms with van der Waals surface area (Å²) in [5.74, 6) is -0.342. The van der Waals surface area contributed by atoms with E-state index in [-0.39, 0.29) is 17.2 Å². The van der Waals surface area contributed by atoms with Crippen molar-refractivity contribution in [1.29, 1.82) is 0 Å². The zero-order valence-electron chi connectivity index (χ0n) is 7.93. The van der Waals surface area contributed by atoms with Crippen LogP contribution in [-0.4, -0.2) is 31.9 Å². The topological polar surface area (TPSA) is 80.4 Å². The lowest BCUT2D eigenvalue weighted by atomic mass is 10.4. The molecular formula is C9H12BrNO3S. The van der Waals surface area contributed by atoms with Gasteiger partial charge in [0.15, 0.2) is 9.84 Å². The molecule has 1 aromatic carbocycles. The molecule has 0 aliphatic rings. The van der Waals surface area contributed by atoms with Gasteiger partial charge in [-0.05, 0) is 24.3 Å². The van der Waals surface area contributed by atoms with Gasteiger partial charge in [-0.15, -0.1) is 0 Å². The number of aliphatic hydroxyl groups is 1. The molecule has 4 nitrogen and oxygen atoms in total. The summed E-state index contributed by atoms with van der Waals surface area (Å²) in [6, 6.07) is 6.26. The summed E-state index contributed by atoms with van der Waals surface area (Å²) in [6.07, 6.45) is -1.02. The molecule has 0 bridgehead atoms. The summed E-state index contributed by atoms with van der Waals surface area (Å²) in [6.45, 7) is -0.0598. The van der Waals surface area contributed by atoms with Gasteiger partial charge in [0.05, 0.1) is 16.8 Å². The smallest absolute Gasteiger partial charge is 0.180 e. The summed E-state index contributed by atoms with van der Waals surface area (Å²) in [4.78, 5) is 0.193. The van der Waals surface area contributed by atoms with Gasteiger partial charge < -0.3 is 10.8 Å². The molecule has 3 N–H and O–H groups in total. The first-order valence-electron chi connectivity index (χ1n) is 4.32. The number of hydrogen-bond donors (Lipinski definition) is 2. The van der Waals surface area contributed by atoms with Crippen LogP contribution >= 0.6 is 15.9 Å². The van der Waals surface area contributed by atoms with Gasteiger partial charge in [-0.25, -0.2) is 8.42 Å². The Morgan fingerprint density at radius 3 is 2.33 bits per heavy atom. The van der Waals surface area contributed by atoms with Gasteiger partial charge in [-0.1, -0.05) is 15.9 Å². The van der Waals surface area contributed by atoms with Gasteiger partial charge in [0.2, 0.25) is 0 Å². The van der Waals surface area contributed by atoms with Crippen molar-refractivity contribution in [2.24, 2.45) is 5.73 Å². The van der Waals surface area contributed by atoms with Gasteiger partial charge in [0.25, 0.3) is 0 Å². The molecule has 0 radical (unpaired) electrons. The highest BCUT2D eigenvalue weighted by molar-refractivity contribution is 9.10. The Kier molecular flexibility index (Phi) is 4.27. The zero-order valence-corrected chi connectivity index (χ0v) is 10.3. The molecule has 0 aliphatic carbocycles. The average Bonchev–Trinajstić information content (AvgIpc) is 2.17. The molecule has 1 rings (SSSR count). The van der Waals surface area contributed by atoms with Crippen molar-refractivity contribution in [3.63, 3.8) is 0 Å². The summed E-state index contributed by atoms with van der Waals surface area (Å²) in [7, 11) is -3.44. The molecule has 0 saturated carbocycles. The fourth-order valence-electron chi connectivity index (χ4n) is 1.06. The number of halogens is 1. The number of aliphatic hydroxyl groups excluding tert-OH is 1. The van der Waals surface area contributed by atoms with Crippen LogP contribution in [-0.2, 0) is 9.84 Å². The molecule has 15 heavy (non-hydrogen) atoms. The van der Waals surface area contributed by atoms with Crippen LogP contribution in [0.25, 0.3) is 0 Å². The second-order valence-electron chi connectivity index (χ2n) is 3.12. The van der Waals surface area contributed by atoms with Gasteiger partial charge in [0, 0.05) is 11.0 Å². The number of rotatable bonds is 4. The highest BCUT2D eigenvalue weighted by Crippen LogP contribution is 2.16. The van der Waals surface area contributed by atoms with Crippen molar-refractivity contribution < 1.29 is 13.5 Å². The number of hydrogen-bond acceptors (Lipinski definition) is 4. The molecule has 0 saturated heterocycles. The van der Waals surface area contributed by atoms with Crippen LogP contribution in [0, 0.1) is 0 Å². The third-order valence-corrected chi connectivity index (χ3v) is 4.20. The van der Waals surface area contributed by atoms with Crippen molar-refractivity contribution in [3.8, 4) is 0 Å². The van der Waals surface area contributed by atoms with E-state index in [1.165, 1.54) is 12.1 Å². The fraction of sp³-hybridized carbons (Fsp3) is 0.333. The maximum atomic E-state index is 11.7. The van der Waals surface area contributed by atoms with Crippen LogP contribution < -0.4 is 5.73 Å². The zero-order chi connectivity index (χ0) is 11.5. The van der Waals surface area contributed by atoms with Crippen molar-refractivity contribution in [3.05, 3.63) is 28.7 Å². The Labute approximate surface area is 97.2 Å². The molecule has 6 heteroatoms. The Balaban J connectivity index is 2.91. The minimum Gasteiger partial charge on any atom is -0.391 e. The van der Waals surface area contributed by atoms with Crippen molar-refractivity contribution >= 4 is 25.8 Å². The molecule has 0 fully saturated rings. The molecule has 1 unspecified atom stereocenters. The normalized spacial score (nSPS) is 13.8. The standard InChI is InChI=1S/C9H12BrNO3S/c10-7-1-3-9(4-2-7)15(13,14)6-8(12)5-11/h1-4,8,12H,5-6,11H2. The lowest BCUT2D eigenvalue weighted by Crippen LogP contribution is -2.28. The predicted molar refractivity (Wildman–Crippen MR) is 61.3 cm³/mol. The summed E-state index contributed by atoms with van der Waals surface area (Å²) < 4.78 is 24.2. The third-order valence-electron chi connectivity index (χ3n) is 1.86. The van der Waals surface area contributed by atoms with Gasteiger partial charge in [-0.3, -0.25) is 0 Å². The van der Waals surface area contributed by atoms with E-state index in [0.29, 0.717) is 0 Å². The maximum absolute atomic E-state index is 11.7. The molecule has 0 heterocycles. The Hall–Kier alpha value is -0.430. The molecule has 0 aliphatic heterocycles. The highest BCUT2D eigenvalue weighted by Gasteiger charge is 2.18. The first-order valence-corrected chi connectivity index (χ1v) is 6.76. The van der Waals surface area contributed by atoms with Crippen LogP contribution in [0.15, 0.2) is 33.6 Å². The molecular weight excluding hydrogens is 282 g/mol. The van der Waals surface area contributed by atoms with E-state index in [1.54, 1.807) is 12.1 Å². The van der Waals surface area contributed by atoms with Gasteiger partial charge >= 0.3 is 0 Å². The van der Waals surface area contributed by atoms with Gasteiger partial charge in [-0.2, -0.15) is 0 Å². The quantitative estimate of drug-likeness (QED) is 0.849. The van der Waals surface area contributed by atoms with E-state index in [2.05, 4.69) is 15.9 Å². The van der Waals surface area contributed by atoms with E-state index in [4.69, 9.17) is 5.73 Å². The predicted octanol–water partition coefficient (Wildman–Crippen LogP) is 0.542. The molecule has 0 spiro atoms. The largest absolute Gasteiger partial charge is 0.391 e. The lowest BCUT2D eigenvalue weighted by Gasteiger charge is -2.08. The van der Waals surface area contributed by atoms with Gasteiger partial charge in [0.1, 0.15) is 0 Å². The first kappa shape index (κ1) is 12.6. The molecule has 0 amide bonds. The Morgan fingerprint density at radius 2 is 1.87 bits per heavy atom. The Morgan fingerprint density at radius 1 is 1.33 bits per heavy atom. The lowest BCUT2D eigenvalue weighted by molar-refractivity contribution is 0.205. The fourth-order valence-corrected chi connectivity index (χ4v) is 2.71. The average molecular weight is 294 g/mol. The van der Waals surface area contributed by atoms with E-state index in [9.17, 15) is 13.5 Å². The SMILES string of the molecule is NCC(O)CS(=O)(=O)c1ccc(Br)cc1. The van der Waals surface area contributed by atoms with Crippen molar-refractivity contribution in [1.82, 2.24) is 0 Å². The Bertz CT molecular complexity index is 415. The molecule has 1 atom stereocenters. The summed E-state index contributed by atoms with van der Waals surface area (Å²) in [5.41, 5.74) is 5.16. The minimum atomic E-state index is -3.44. The van der Waals surface area contributed by atoms with E-state index < -0.39 is 15.9 Å². The van der Waals surface area contributed by atoms with E-state index in [0.717, 1.165) is 4.47 Å². The van der Waals surface area contributed by atoms with Crippen molar-refractivity contribution in [2.75, 3.05) is 12.3 Å². The number of nitrogens with two attached hydrogens (primary N) is 1. The van der Waals surface area contributed by atoms with E-state index >= 15 is 0 Å².